The van der Waals surface area contributed by atoms with Crippen molar-refractivity contribution in [3.63, 3.8) is 0 Å². The van der Waals surface area contributed by atoms with E-state index in [9.17, 15) is 4.79 Å². The standard InChI is InChI=1S/C19H18N2O3/c1-13-5-6-14(2)17(10-13)24-18-8-7-15(11-20-18)12-21-19(22)16-4-3-9-23-16/h3-11H,12H2,1-2H3,(H,21,22). The second kappa shape index (κ2) is 7.00. The first-order chi connectivity index (χ1) is 11.6. The zero-order valence-corrected chi connectivity index (χ0v) is 13.6. The molecule has 1 amide bonds. The fourth-order valence-electron chi connectivity index (χ4n) is 2.18. The summed E-state index contributed by atoms with van der Waals surface area (Å²) in [7, 11) is 0. The smallest absolute Gasteiger partial charge is 0.287 e. The molecule has 0 fully saturated rings. The first-order valence-electron chi connectivity index (χ1n) is 7.63. The van der Waals surface area contributed by atoms with Crippen molar-refractivity contribution in [2.45, 2.75) is 20.4 Å². The van der Waals surface area contributed by atoms with Crippen LogP contribution in [0.25, 0.3) is 0 Å². The third-order valence-electron chi connectivity index (χ3n) is 3.55. The number of aryl methyl sites for hydroxylation is 2. The Morgan fingerprint density at radius 1 is 1.21 bits per heavy atom. The maximum absolute atomic E-state index is 11.8. The Hall–Kier alpha value is -3.08. The lowest BCUT2D eigenvalue weighted by Gasteiger charge is -2.09. The normalized spacial score (nSPS) is 10.4. The molecular formula is C19H18N2O3. The first kappa shape index (κ1) is 15.8. The predicted octanol–water partition coefficient (Wildman–Crippen LogP) is 4.01. The van der Waals surface area contributed by atoms with Crippen LogP contribution in [-0.2, 0) is 6.54 Å². The summed E-state index contributed by atoms with van der Waals surface area (Å²) >= 11 is 0. The average Bonchev–Trinajstić information content (AvgIpc) is 3.12. The fraction of sp³-hybridized carbons (Fsp3) is 0.158. The van der Waals surface area contributed by atoms with Gasteiger partial charge in [0.2, 0.25) is 5.88 Å². The summed E-state index contributed by atoms with van der Waals surface area (Å²) in [5.74, 6) is 1.35. The molecular weight excluding hydrogens is 304 g/mol. The summed E-state index contributed by atoms with van der Waals surface area (Å²) in [4.78, 5) is 16.1. The summed E-state index contributed by atoms with van der Waals surface area (Å²) in [6.07, 6.45) is 3.15. The molecule has 0 atom stereocenters. The average molecular weight is 322 g/mol. The summed E-state index contributed by atoms with van der Waals surface area (Å²) in [5, 5.41) is 2.77. The van der Waals surface area contributed by atoms with Gasteiger partial charge in [-0.15, -0.1) is 0 Å². The van der Waals surface area contributed by atoms with Crippen molar-refractivity contribution in [3.05, 3.63) is 77.4 Å². The van der Waals surface area contributed by atoms with E-state index in [4.69, 9.17) is 9.15 Å². The SMILES string of the molecule is Cc1ccc(C)c(Oc2ccc(CNC(=O)c3ccco3)cn2)c1. The number of benzene rings is 1. The van der Waals surface area contributed by atoms with Gasteiger partial charge in [0.1, 0.15) is 5.75 Å². The van der Waals surface area contributed by atoms with Gasteiger partial charge in [-0.2, -0.15) is 0 Å². The Bertz CT molecular complexity index is 824. The van der Waals surface area contributed by atoms with Crippen molar-refractivity contribution >= 4 is 5.91 Å². The van der Waals surface area contributed by atoms with Crippen LogP contribution < -0.4 is 10.1 Å². The number of ether oxygens (including phenoxy) is 1. The molecule has 122 valence electrons. The molecule has 24 heavy (non-hydrogen) atoms. The molecule has 0 saturated heterocycles. The highest BCUT2D eigenvalue weighted by Crippen LogP contribution is 2.24. The van der Waals surface area contributed by atoms with Crippen molar-refractivity contribution in [2.75, 3.05) is 0 Å². The van der Waals surface area contributed by atoms with Gasteiger partial charge in [0.15, 0.2) is 5.76 Å². The van der Waals surface area contributed by atoms with Gasteiger partial charge in [0, 0.05) is 18.8 Å². The van der Waals surface area contributed by atoms with Crippen molar-refractivity contribution in [1.29, 1.82) is 0 Å². The highest BCUT2D eigenvalue weighted by Gasteiger charge is 2.08. The van der Waals surface area contributed by atoms with Crippen LogP contribution in [0, 0.1) is 13.8 Å². The van der Waals surface area contributed by atoms with Gasteiger partial charge < -0.3 is 14.5 Å². The number of hydrogen-bond donors (Lipinski definition) is 1. The molecule has 1 N–H and O–H groups in total. The zero-order valence-electron chi connectivity index (χ0n) is 13.6. The Balaban J connectivity index is 1.61. The molecule has 0 saturated carbocycles. The molecule has 3 aromatic rings. The molecule has 0 aliphatic carbocycles. The van der Waals surface area contributed by atoms with E-state index in [0.29, 0.717) is 12.4 Å². The van der Waals surface area contributed by atoms with E-state index in [1.54, 1.807) is 24.4 Å². The molecule has 1 aromatic carbocycles. The van der Waals surface area contributed by atoms with Gasteiger partial charge in [0.05, 0.1) is 6.26 Å². The van der Waals surface area contributed by atoms with Crippen molar-refractivity contribution in [1.82, 2.24) is 10.3 Å². The number of pyridine rings is 1. The van der Waals surface area contributed by atoms with Crippen LogP contribution in [0.15, 0.2) is 59.3 Å². The van der Waals surface area contributed by atoms with Crippen molar-refractivity contribution < 1.29 is 13.9 Å². The minimum absolute atomic E-state index is 0.254. The van der Waals surface area contributed by atoms with Gasteiger partial charge in [-0.05, 0) is 48.7 Å². The molecule has 3 rings (SSSR count). The molecule has 5 nitrogen and oxygen atoms in total. The number of hydrogen-bond acceptors (Lipinski definition) is 4. The second-order valence-electron chi connectivity index (χ2n) is 5.54. The van der Waals surface area contributed by atoms with Crippen molar-refractivity contribution in [2.24, 2.45) is 0 Å². The lowest BCUT2D eigenvalue weighted by atomic mass is 10.1. The van der Waals surface area contributed by atoms with E-state index < -0.39 is 0 Å². The number of aromatic nitrogens is 1. The third-order valence-corrected chi connectivity index (χ3v) is 3.55. The predicted molar refractivity (Wildman–Crippen MR) is 90.1 cm³/mol. The molecule has 2 aromatic heterocycles. The number of carbonyl (C=O) groups is 1. The molecule has 0 spiro atoms. The number of rotatable bonds is 5. The summed E-state index contributed by atoms with van der Waals surface area (Å²) in [5.41, 5.74) is 3.06. The Kier molecular flexibility index (Phi) is 4.61. The number of nitrogens with one attached hydrogen (secondary N) is 1. The highest BCUT2D eigenvalue weighted by molar-refractivity contribution is 5.91. The third kappa shape index (κ3) is 3.81. The largest absolute Gasteiger partial charge is 0.459 e. The summed E-state index contributed by atoms with van der Waals surface area (Å²) in [6, 6.07) is 13.0. The topological polar surface area (TPSA) is 64.4 Å². The van der Waals surface area contributed by atoms with Crippen LogP contribution in [0.3, 0.4) is 0 Å². The number of carbonyl (C=O) groups excluding carboxylic acids is 1. The Morgan fingerprint density at radius 2 is 2.08 bits per heavy atom. The van der Waals surface area contributed by atoms with E-state index in [-0.39, 0.29) is 11.7 Å². The van der Waals surface area contributed by atoms with E-state index in [0.717, 1.165) is 22.4 Å². The van der Waals surface area contributed by atoms with E-state index in [1.165, 1.54) is 6.26 Å². The van der Waals surface area contributed by atoms with Gasteiger partial charge in [-0.1, -0.05) is 18.2 Å². The second-order valence-corrected chi connectivity index (χ2v) is 5.54. The lowest BCUT2D eigenvalue weighted by molar-refractivity contribution is 0.0923. The van der Waals surface area contributed by atoms with Gasteiger partial charge in [-0.3, -0.25) is 4.79 Å². The van der Waals surface area contributed by atoms with Gasteiger partial charge in [0.25, 0.3) is 5.91 Å². The summed E-state index contributed by atoms with van der Waals surface area (Å²) < 4.78 is 10.9. The number of amides is 1. The minimum Gasteiger partial charge on any atom is -0.459 e. The molecule has 0 radical (unpaired) electrons. The number of furan rings is 1. The fourth-order valence-corrected chi connectivity index (χ4v) is 2.18. The molecule has 0 aliphatic heterocycles. The van der Waals surface area contributed by atoms with Crippen LogP contribution >= 0.6 is 0 Å². The quantitative estimate of drug-likeness (QED) is 0.771. The van der Waals surface area contributed by atoms with Gasteiger partial charge in [-0.25, -0.2) is 4.98 Å². The lowest BCUT2D eigenvalue weighted by Crippen LogP contribution is -2.22. The summed E-state index contributed by atoms with van der Waals surface area (Å²) in [6.45, 7) is 4.38. The first-order valence-corrected chi connectivity index (χ1v) is 7.63. The van der Waals surface area contributed by atoms with Crippen LogP contribution in [0.5, 0.6) is 11.6 Å². The Morgan fingerprint density at radius 3 is 2.79 bits per heavy atom. The monoisotopic (exact) mass is 322 g/mol. The molecule has 2 heterocycles. The van der Waals surface area contributed by atoms with Crippen LogP contribution in [0.4, 0.5) is 0 Å². The van der Waals surface area contributed by atoms with Crippen molar-refractivity contribution in [3.8, 4) is 11.6 Å². The van der Waals surface area contributed by atoms with E-state index in [2.05, 4.69) is 10.3 Å². The van der Waals surface area contributed by atoms with E-state index >= 15 is 0 Å². The maximum Gasteiger partial charge on any atom is 0.287 e. The molecule has 0 bridgehead atoms. The molecule has 0 aliphatic rings. The molecule has 5 heteroatoms. The highest BCUT2D eigenvalue weighted by atomic mass is 16.5. The Labute approximate surface area is 140 Å². The van der Waals surface area contributed by atoms with Gasteiger partial charge >= 0.3 is 0 Å². The number of nitrogens with zero attached hydrogens (tertiary/aromatic N) is 1. The zero-order chi connectivity index (χ0) is 16.9. The molecule has 0 unspecified atom stereocenters. The van der Waals surface area contributed by atoms with Crippen LogP contribution in [-0.4, -0.2) is 10.9 Å². The maximum atomic E-state index is 11.8. The van der Waals surface area contributed by atoms with E-state index in [1.807, 2.05) is 38.1 Å². The minimum atomic E-state index is -0.254. The van der Waals surface area contributed by atoms with Crippen LogP contribution in [0.1, 0.15) is 27.2 Å². The van der Waals surface area contributed by atoms with Crippen LogP contribution in [0.2, 0.25) is 0 Å².